The summed E-state index contributed by atoms with van der Waals surface area (Å²) in [6, 6.07) is 0. The topological polar surface area (TPSA) is 257 Å². The molecule has 0 heterocycles. The molecule has 27 heteroatoms. The Morgan fingerprint density at radius 3 is 0.907 bits per heavy atom. The Morgan fingerprint density at radius 1 is 0.356 bits per heavy atom. The van der Waals surface area contributed by atoms with Crippen LogP contribution in [-0.4, -0.2) is 180 Å². The number of methoxy groups -OCH3 is 1. The van der Waals surface area contributed by atoms with Gasteiger partial charge in [0, 0.05) is 20.8 Å². The number of aliphatic hydroxyl groups excluding tert-OH is 1. The van der Waals surface area contributed by atoms with E-state index in [-0.39, 0.29) is 88.3 Å². The van der Waals surface area contributed by atoms with Crippen molar-refractivity contribution in [1.29, 1.82) is 0 Å². The third-order valence-corrected chi connectivity index (χ3v) is 31.5. The van der Waals surface area contributed by atoms with E-state index in [1.54, 1.807) is 14.2 Å². The Hall–Kier alpha value is 1.57. The van der Waals surface area contributed by atoms with Gasteiger partial charge < -0.3 is 52.9 Å². The number of alkyl halides is 1. The Bertz CT molecular complexity index is 2170. The van der Waals surface area contributed by atoms with Crippen molar-refractivity contribution >= 4 is 58.2 Å². The van der Waals surface area contributed by atoms with Crippen molar-refractivity contribution in [3.63, 3.8) is 0 Å². The van der Waals surface area contributed by atoms with Gasteiger partial charge in [0.05, 0.1) is 90.0 Å². The Morgan fingerprint density at radius 2 is 0.610 bits per heavy atom. The number of rotatable bonds is 88. The molecule has 0 aromatic carbocycles. The first-order valence-corrected chi connectivity index (χ1v) is 57.4. The number of halogens is 1. The maximum absolute atomic E-state index is 15.1. The molecule has 4 N–H and O–H groups in total. The maximum atomic E-state index is 15.1. The quantitative estimate of drug-likeness (QED) is 0.0413. The highest BCUT2D eigenvalue weighted by Crippen LogP contribution is 2.51. The number of ether oxygens (including phenoxy) is 7. The minimum Gasteiger partial charge on any atom is -0.567 e. The summed E-state index contributed by atoms with van der Waals surface area (Å²) in [5.41, 5.74) is -0.0502. The number of aliphatic hydroxyl groups is 1. The van der Waals surface area contributed by atoms with Crippen molar-refractivity contribution in [3.05, 3.63) is 0 Å². The van der Waals surface area contributed by atoms with Crippen LogP contribution in [0, 0.1) is 27.1 Å². The molecule has 0 aliphatic heterocycles. The molecular weight excluding hydrogens is 1630 g/mol. The molecule has 19 nitrogen and oxygen atoms in total. The van der Waals surface area contributed by atoms with Gasteiger partial charge >= 0.3 is 23.9 Å². The van der Waals surface area contributed by atoms with Gasteiger partial charge in [0.2, 0.25) is 0 Å². The lowest BCUT2D eigenvalue weighted by atomic mass is 9.75. The summed E-state index contributed by atoms with van der Waals surface area (Å²) in [6.45, 7) is 37.8. The van der Waals surface area contributed by atoms with Crippen LogP contribution in [0.3, 0.4) is 0 Å². The van der Waals surface area contributed by atoms with Gasteiger partial charge in [0.25, 0.3) is 0 Å². The normalized spacial score (nSPS) is 15.6. The lowest BCUT2D eigenvalue weighted by Crippen LogP contribution is -2.33. The standard InChI is InChI=1S/C89H185FO15P6.C2H6O.HO3P/c1-17-33-48-85(49-34-18-2,50-35-19-3)73-96-63-79(91)64-102-110(92,93)104-80(65-97-74-86(51-36-20-4,52-37-21-5)53-38-22-6)67-103-111(94,95)105-81(66-98-75-87(54-39-23-7,55-40-24-8)56-41-25-9)70-108-84(101-77-89(60-45-29-13,61-46-30-14)62-47-31-15)72-109-83(71-106-68-82(99-32-16)69-107-78-90)100-76-88(57-42-26-10,58-43-27-11)59-44-28-12;1-3-2;1-4(2)3/h79-84,91,106-109H,17-78H2,1-16H3,(H,92,93)(H,94,95);1-2H3;(H,1,2,3). The molecule has 118 heavy (non-hydrogen) atoms. The summed E-state index contributed by atoms with van der Waals surface area (Å²) in [4.78, 5) is 39.5. The fraction of sp³-hybridized carbons (Fsp3) is 1.00. The van der Waals surface area contributed by atoms with Crippen molar-refractivity contribution in [3.8, 4) is 0 Å². The summed E-state index contributed by atoms with van der Waals surface area (Å²) in [5, 5.41) is 11.3. The highest BCUT2D eigenvalue weighted by molar-refractivity contribution is 7.48. The molecule has 712 valence electrons. The number of phosphoric acid groups is 2. The van der Waals surface area contributed by atoms with E-state index in [4.69, 9.17) is 60.9 Å². The fourth-order valence-electron chi connectivity index (χ4n) is 16.0. The SMILES string of the molecule is CCCCC(CCCC)(CCCC)COCC(O)COP(=O)(O)OC(COCC(CCCC)(CCCC)CCCC)COP(=O)(O)OC(COCC(CCCC)(CCCC)CCCC)CPC(CPC(CPCC(CPCF)OCC)OCC(CCCC)(CCCC)CCCC)OCC(CCCC)(CCCC)CCCC.COC.O=[P+]([O-])O. The van der Waals surface area contributed by atoms with Gasteiger partial charge in [-0.25, -0.2) is 13.5 Å². The van der Waals surface area contributed by atoms with E-state index in [2.05, 4.69) is 109 Å². The molecular formula is C91H192FO19P7. The van der Waals surface area contributed by atoms with Crippen molar-refractivity contribution in [2.45, 2.75) is 436 Å². The first-order valence-electron chi connectivity index (χ1n) is 47.9. The van der Waals surface area contributed by atoms with Gasteiger partial charge in [-0.3, -0.25) is 18.1 Å². The maximum Gasteiger partial charge on any atom is 0.485 e. The zero-order valence-corrected chi connectivity index (χ0v) is 86.1. The van der Waals surface area contributed by atoms with Crippen LogP contribution in [-0.2, 0) is 64.9 Å². The molecule has 0 fully saturated rings. The van der Waals surface area contributed by atoms with Crippen LogP contribution in [0.25, 0.3) is 0 Å². The second kappa shape index (κ2) is 81.8. The van der Waals surface area contributed by atoms with Crippen molar-refractivity contribution in [2.75, 3.05) is 124 Å². The first kappa shape index (κ1) is 124. The second-order valence-electron chi connectivity index (χ2n) is 34.6. The van der Waals surface area contributed by atoms with E-state index in [0.29, 0.717) is 56.4 Å². The Labute approximate surface area is 735 Å². The van der Waals surface area contributed by atoms with Gasteiger partial charge in [-0.15, -0.1) is 8.58 Å². The molecule has 0 spiro atoms. The number of hydrogen-bond donors (Lipinski definition) is 4. The van der Waals surface area contributed by atoms with Crippen LogP contribution >= 0.6 is 58.2 Å². The average molecular weight is 1830 g/mol. The monoisotopic (exact) mass is 1830 g/mol. The average Bonchev–Trinajstić information content (AvgIpc) is 0.871. The molecule has 0 aromatic rings. The van der Waals surface area contributed by atoms with Crippen LogP contribution in [0.15, 0.2) is 0 Å². The predicted octanol–water partition coefficient (Wildman–Crippen LogP) is 27.2. The Kier molecular flexibility index (Phi) is 85.7. The zero-order valence-electron chi connectivity index (χ0n) is 79.4. The van der Waals surface area contributed by atoms with E-state index < -0.39 is 55.4 Å². The molecule has 0 aliphatic rings. The van der Waals surface area contributed by atoms with E-state index in [1.165, 1.54) is 19.3 Å². The molecule has 13 unspecified atom stereocenters. The van der Waals surface area contributed by atoms with Crippen molar-refractivity contribution in [2.24, 2.45) is 27.1 Å². The number of phosphoric ester groups is 2. The van der Waals surface area contributed by atoms with Gasteiger partial charge in [-0.1, -0.05) is 322 Å². The van der Waals surface area contributed by atoms with Gasteiger partial charge in [-0.05, 0) is 166 Å². The van der Waals surface area contributed by atoms with Crippen LogP contribution in [0.2, 0.25) is 0 Å². The molecule has 0 aliphatic carbocycles. The van der Waals surface area contributed by atoms with Crippen LogP contribution in [0.5, 0.6) is 0 Å². The third kappa shape index (κ3) is 66.9. The van der Waals surface area contributed by atoms with Gasteiger partial charge in [0.15, 0.2) is 0 Å². The molecule has 13 atom stereocenters. The molecule has 0 amide bonds. The Balaban J connectivity index is -0.0000181. The number of unbranched alkanes of at least 4 members (excludes halogenated alkanes) is 15. The minimum atomic E-state index is -5.01. The van der Waals surface area contributed by atoms with Crippen LogP contribution in [0.4, 0.5) is 4.39 Å². The van der Waals surface area contributed by atoms with Crippen LogP contribution in [0.1, 0.15) is 400 Å². The minimum absolute atomic E-state index is 0.00185. The van der Waals surface area contributed by atoms with E-state index in [9.17, 15) is 23.8 Å². The summed E-state index contributed by atoms with van der Waals surface area (Å²) >= 11 is 0. The highest BCUT2D eigenvalue weighted by atomic mass is 31.2. The fourth-order valence-corrected chi connectivity index (χ4v) is 23.8. The molecule has 0 saturated carbocycles. The molecule has 0 aromatic heterocycles. The first-order chi connectivity index (χ1) is 56.7. The predicted molar refractivity (Wildman–Crippen MR) is 506 cm³/mol. The lowest BCUT2D eigenvalue weighted by Gasteiger charge is -2.37. The zero-order chi connectivity index (χ0) is 89.0. The largest absolute Gasteiger partial charge is 0.567 e. The highest BCUT2D eigenvalue weighted by Gasteiger charge is 2.39. The van der Waals surface area contributed by atoms with Crippen molar-refractivity contribution in [1.82, 2.24) is 0 Å². The summed E-state index contributed by atoms with van der Waals surface area (Å²) < 4.78 is 121. The molecule has 0 bridgehead atoms. The van der Waals surface area contributed by atoms with E-state index >= 15 is 4.57 Å². The van der Waals surface area contributed by atoms with Crippen molar-refractivity contribution < 1.29 is 94.0 Å². The molecule has 0 rings (SSSR count). The summed E-state index contributed by atoms with van der Waals surface area (Å²) in [7, 11) is -8.43. The molecule has 0 radical (unpaired) electrons. The van der Waals surface area contributed by atoms with Gasteiger partial charge in [0.1, 0.15) is 18.6 Å². The van der Waals surface area contributed by atoms with E-state index in [0.717, 1.165) is 301 Å². The third-order valence-electron chi connectivity index (χ3n) is 23.3. The van der Waals surface area contributed by atoms with Gasteiger partial charge in [-0.2, -0.15) is 4.89 Å². The summed E-state index contributed by atoms with van der Waals surface area (Å²) in [6.07, 6.45) is 48.9. The van der Waals surface area contributed by atoms with Crippen LogP contribution < -0.4 is 4.89 Å². The second-order valence-corrected chi connectivity index (χ2v) is 43.3. The molecule has 0 saturated heterocycles. The smallest absolute Gasteiger partial charge is 0.485 e. The number of hydrogen-bond acceptors (Lipinski definition) is 16. The summed E-state index contributed by atoms with van der Waals surface area (Å²) in [5.74, 6) is -0.205. The van der Waals surface area contributed by atoms with E-state index in [1.807, 2.05) is 6.92 Å². The lowest BCUT2D eigenvalue weighted by molar-refractivity contribution is -0.180.